The minimum atomic E-state index is -1.81. The van der Waals surface area contributed by atoms with Crippen LogP contribution in [0.25, 0.3) is 0 Å². The number of anilines is 2. The van der Waals surface area contributed by atoms with Crippen LogP contribution >= 0.6 is 11.6 Å². The number of Topliss-reactive ketones (excluding diaryl/α,β-unsaturated/α-hetero) is 1. The predicted molar refractivity (Wildman–Crippen MR) is 215 cm³/mol. The maximum Gasteiger partial charge on any atom is 0.418 e. The molecule has 10 nitrogen and oxygen atoms in total. The zero-order valence-corrected chi connectivity index (χ0v) is 34.5. The lowest BCUT2D eigenvalue weighted by molar-refractivity contribution is -0.145. The molecule has 1 atom stereocenters. The van der Waals surface area contributed by atoms with Crippen LogP contribution in [0.2, 0.25) is 5.02 Å². The molecule has 1 aliphatic rings. The van der Waals surface area contributed by atoms with E-state index in [2.05, 4.69) is 23.6 Å². The summed E-state index contributed by atoms with van der Waals surface area (Å²) in [5.74, 6) is -2.30. The van der Waals surface area contributed by atoms with E-state index in [1.54, 1.807) is 40.7 Å². The van der Waals surface area contributed by atoms with E-state index in [9.17, 15) is 24.0 Å². The van der Waals surface area contributed by atoms with Gasteiger partial charge in [-0.15, -0.1) is 0 Å². The second kappa shape index (κ2) is 20.1. The average molecular weight is 768 g/mol. The van der Waals surface area contributed by atoms with Crippen LogP contribution in [0.5, 0.6) is 5.75 Å². The van der Waals surface area contributed by atoms with Crippen molar-refractivity contribution in [2.24, 2.45) is 5.41 Å². The molecule has 0 bridgehead atoms. The van der Waals surface area contributed by atoms with Crippen LogP contribution in [-0.2, 0) is 30.3 Å². The molecule has 0 saturated carbocycles. The number of hydrogen-bond acceptors (Lipinski definition) is 7. The standard InChI is InChI=1S/C43H62ClN3O7/c1-9-10-11-12-13-14-15-16-17-18-19-20-21-23-30-24-22-25-32(28-30)53-42(5,6)38(50)45-31-26-27-33(44)34(29-31)46-37(49)35(36(48)41(2,3)4)47-39(51)43(7,8)54-40(47)52/h22,24-29,35H,9-21,23H2,1-8H3,(H,45,50)(H,46,49). The van der Waals surface area contributed by atoms with Crippen molar-refractivity contribution in [1.82, 2.24) is 4.90 Å². The Morgan fingerprint density at radius 2 is 1.39 bits per heavy atom. The SMILES string of the molecule is CCCCCCCCCCCCCCCc1cccc(OC(C)(C)C(=O)Nc2ccc(Cl)c(NC(=O)C(C(=O)C(C)(C)C)N3C(=O)OC(C)(C)C3=O)c2)c1. The van der Waals surface area contributed by atoms with Crippen molar-refractivity contribution in [2.75, 3.05) is 10.6 Å². The number of benzene rings is 2. The molecule has 2 aromatic carbocycles. The summed E-state index contributed by atoms with van der Waals surface area (Å²) in [6.45, 7) is 13.1. The van der Waals surface area contributed by atoms with Crippen molar-refractivity contribution < 1.29 is 33.4 Å². The van der Waals surface area contributed by atoms with Crippen LogP contribution in [-0.4, -0.2) is 51.7 Å². The smallest absolute Gasteiger partial charge is 0.418 e. The number of imide groups is 1. The molecule has 298 valence electrons. The monoisotopic (exact) mass is 767 g/mol. The van der Waals surface area contributed by atoms with Crippen molar-refractivity contribution >= 4 is 52.6 Å². The zero-order chi connectivity index (χ0) is 40.1. The lowest BCUT2D eigenvalue weighted by Gasteiger charge is -2.28. The number of nitrogens with one attached hydrogen (secondary N) is 2. The molecule has 0 radical (unpaired) electrons. The van der Waals surface area contributed by atoms with Gasteiger partial charge in [0.2, 0.25) is 0 Å². The molecule has 3 rings (SSSR count). The first kappa shape index (κ1) is 44.5. The molecule has 0 aliphatic carbocycles. The summed E-state index contributed by atoms with van der Waals surface area (Å²) in [5.41, 5.74) is -2.40. The molecule has 54 heavy (non-hydrogen) atoms. The van der Waals surface area contributed by atoms with Crippen LogP contribution in [0.3, 0.4) is 0 Å². The van der Waals surface area contributed by atoms with Crippen LogP contribution in [0.15, 0.2) is 42.5 Å². The number of carbonyl (C=O) groups excluding carboxylic acids is 5. The van der Waals surface area contributed by atoms with E-state index in [1.807, 2.05) is 18.2 Å². The van der Waals surface area contributed by atoms with Crippen molar-refractivity contribution in [1.29, 1.82) is 0 Å². The molecule has 2 aromatic rings. The van der Waals surface area contributed by atoms with Gasteiger partial charge in [-0.3, -0.25) is 19.2 Å². The normalized spacial score (nSPS) is 14.8. The third-order valence-corrected chi connectivity index (χ3v) is 9.97. The van der Waals surface area contributed by atoms with Gasteiger partial charge in [0.25, 0.3) is 17.7 Å². The van der Waals surface area contributed by atoms with Gasteiger partial charge in [0.15, 0.2) is 23.0 Å². The molecular weight excluding hydrogens is 706 g/mol. The predicted octanol–water partition coefficient (Wildman–Crippen LogP) is 10.4. The second-order valence-corrected chi connectivity index (χ2v) is 16.9. The maximum absolute atomic E-state index is 13.7. The van der Waals surface area contributed by atoms with Gasteiger partial charge in [0.1, 0.15) is 5.75 Å². The highest BCUT2D eigenvalue weighted by Crippen LogP contribution is 2.32. The number of hydrogen-bond donors (Lipinski definition) is 2. The van der Waals surface area contributed by atoms with Gasteiger partial charge in [0.05, 0.1) is 10.7 Å². The Morgan fingerprint density at radius 1 is 0.815 bits per heavy atom. The number of rotatable bonds is 22. The molecule has 1 fully saturated rings. The number of ether oxygens (including phenoxy) is 2. The van der Waals surface area contributed by atoms with Crippen molar-refractivity contribution in [3.63, 3.8) is 0 Å². The van der Waals surface area contributed by atoms with Gasteiger partial charge in [-0.05, 0) is 76.4 Å². The molecule has 11 heteroatoms. The van der Waals surface area contributed by atoms with Crippen LogP contribution < -0.4 is 15.4 Å². The van der Waals surface area contributed by atoms with Gasteiger partial charge in [-0.2, -0.15) is 0 Å². The molecule has 1 saturated heterocycles. The number of aryl methyl sites for hydroxylation is 1. The summed E-state index contributed by atoms with van der Waals surface area (Å²) in [5, 5.41) is 5.50. The molecule has 1 aliphatic heterocycles. The lowest BCUT2D eigenvalue weighted by atomic mass is 9.85. The van der Waals surface area contributed by atoms with Gasteiger partial charge in [0, 0.05) is 11.1 Å². The highest BCUT2D eigenvalue weighted by Gasteiger charge is 2.55. The van der Waals surface area contributed by atoms with E-state index < -0.39 is 52.3 Å². The first-order valence-electron chi connectivity index (χ1n) is 19.7. The molecule has 4 amide bonds. The molecule has 0 spiro atoms. The van der Waals surface area contributed by atoms with Gasteiger partial charge >= 0.3 is 6.09 Å². The number of halogens is 1. The van der Waals surface area contributed by atoms with E-state index in [0.717, 1.165) is 18.4 Å². The molecule has 1 unspecified atom stereocenters. The molecule has 1 heterocycles. The Kier molecular flexibility index (Phi) is 16.6. The third-order valence-electron chi connectivity index (χ3n) is 9.64. The van der Waals surface area contributed by atoms with Crippen molar-refractivity contribution in [3.05, 3.63) is 53.1 Å². The highest BCUT2D eigenvalue weighted by atomic mass is 35.5. The van der Waals surface area contributed by atoms with Crippen molar-refractivity contribution in [3.8, 4) is 5.75 Å². The molecular formula is C43H62ClN3O7. The number of cyclic esters (lactones) is 1. The van der Waals surface area contributed by atoms with E-state index in [0.29, 0.717) is 16.3 Å². The van der Waals surface area contributed by atoms with Crippen LogP contribution in [0.4, 0.5) is 16.2 Å². The fourth-order valence-corrected chi connectivity index (χ4v) is 6.47. The Morgan fingerprint density at radius 3 is 1.93 bits per heavy atom. The van der Waals surface area contributed by atoms with E-state index >= 15 is 0 Å². The summed E-state index contributed by atoms with van der Waals surface area (Å²) in [7, 11) is 0. The number of unbranched alkanes of at least 4 members (excludes halogenated alkanes) is 12. The fourth-order valence-electron chi connectivity index (χ4n) is 6.30. The van der Waals surface area contributed by atoms with Gasteiger partial charge < -0.3 is 20.1 Å². The van der Waals surface area contributed by atoms with E-state index in [1.165, 1.54) is 103 Å². The highest BCUT2D eigenvalue weighted by molar-refractivity contribution is 6.34. The zero-order valence-electron chi connectivity index (χ0n) is 33.7. The largest absolute Gasteiger partial charge is 0.478 e. The summed E-state index contributed by atoms with van der Waals surface area (Å²) in [6, 6.07) is 10.5. The van der Waals surface area contributed by atoms with Crippen molar-refractivity contribution in [2.45, 2.75) is 163 Å². The molecule has 2 N–H and O–H groups in total. The minimum absolute atomic E-state index is 0.0602. The minimum Gasteiger partial charge on any atom is -0.478 e. The number of nitrogens with zero attached hydrogens (tertiary/aromatic N) is 1. The van der Waals surface area contributed by atoms with Crippen LogP contribution in [0.1, 0.15) is 144 Å². The first-order valence-corrected chi connectivity index (χ1v) is 20.1. The maximum atomic E-state index is 13.7. The molecule has 0 aromatic heterocycles. The Labute approximate surface area is 327 Å². The average Bonchev–Trinajstić information content (AvgIpc) is 3.29. The summed E-state index contributed by atoms with van der Waals surface area (Å²) < 4.78 is 11.3. The van der Waals surface area contributed by atoms with Gasteiger partial charge in [-0.1, -0.05) is 128 Å². The summed E-state index contributed by atoms with van der Waals surface area (Å²) in [4.78, 5) is 66.9. The first-order chi connectivity index (χ1) is 25.4. The summed E-state index contributed by atoms with van der Waals surface area (Å²) in [6.07, 6.45) is 16.9. The van der Waals surface area contributed by atoms with Gasteiger partial charge in [-0.25, -0.2) is 9.69 Å². The number of amides is 4. The van der Waals surface area contributed by atoms with Crippen LogP contribution in [0, 0.1) is 5.41 Å². The summed E-state index contributed by atoms with van der Waals surface area (Å²) >= 11 is 6.42. The lowest BCUT2D eigenvalue weighted by Crippen LogP contribution is -2.55. The Bertz CT molecular complexity index is 1610. The third kappa shape index (κ3) is 13.1. The van der Waals surface area contributed by atoms with E-state index in [-0.39, 0.29) is 10.7 Å². The number of ketones is 1. The fraction of sp³-hybridized carbons (Fsp3) is 0.605. The quantitative estimate of drug-likeness (QED) is 0.0900. The number of carbonyl (C=O) groups is 5. The topological polar surface area (TPSA) is 131 Å². The van der Waals surface area contributed by atoms with E-state index in [4.69, 9.17) is 21.1 Å². The Hall–Kier alpha value is -3.92. The second-order valence-electron chi connectivity index (χ2n) is 16.5. The Balaban J connectivity index is 1.55.